The lowest BCUT2D eigenvalue weighted by Crippen LogP contribution is -2.01. The van der Waals surface area contributed by atoms with Gasteiger partial charge in [-0.2, -0.15) is 0 Å². The summed E-state index contributed by atoms with van der Waals surface area (Å²) in [5, 5.41) is 0.526. The summed E-state index contributed by atoms with van der Waals surface area (Å²) in [4.78, 5) is 8.23. The number of halogens is 1. The first-order valence-corrected chi connectivity index (χ1v) is 5.52. The van der Waals surface area contributed by atoms with E-state index in [4.69, 9.17) is 22.1 Å². The van der Waals surface area contributed by atoms with Gasteiger partial charge in [0, 0.05) is 30.6 Å². The van der Waals surface area contributed by atoms with Crippen LogP contribution in [0, 0.1) is 6.92 Å². The summed E-state index contributed by atoms with van der Waals surface area (Å²) < 4.78 is 5.54. The first-order chi connectivity index (χ1) is 8.19. The highest BCUT2D eigenvalue weighted by Crippen LogP contribution is 2.22. The lowest BCUT2D eigenvalue weighted by atomic mass is 10.2. The van der Waals surface area contributed by atoms with Crippen molar-refractivity contribution in [3.05, 3.63) is 46.9 Å². The van der Waals surface area contributed by atoms with Crippen LogP contribution in [0.4, 0.5) is 0 Å². The molecule has 0 unspecified atom stereocenters. The molecule has 4 nitrogen and oxygen atoms in total. The van der Waals surface area contributed by atoms with E-state index < -0.39 is 0 Å². The molecule has 0 amide bonds. The highest BCUT2D eigenvalue weighted by molar-refractivity contribution is 6.30. The van der Waals surface area contributed by atoms with Crippen LogP contribution in [0.2, 0.25) is 5.02 Å². The van der Waals surface area contributed by atoms with E-state index in [1.807, 2.05) is 13.0 Å². The highest BCUT2D eigenvalue weighted by Gasteiger charge is 2.03. The Labute approximate surface area is 104 Å². The standard InChI is InChI=1S/C12H12ClN3O/c1-8-9(5-14)2-3-12(16-8)17-11-4-10(13)6-15-7-11/h2-4,6-7H,5,14H2,1H3. The minimum atomic E-state index is 0.470. The molecule has 0 aliphatic heterocycles. The van der Waals surface area contributed by atoms with E-state index in [0.29, 0.717) is 23.2 Å². The molecule has 2 heterocycles. The quantitative estimate of drug-likeness (QED) is 0.909. The van der Waals surface area contributed by atoms with Crippen LogP contribution >= 0.6 is 11.6 Å². The van der Waals surface area contributed by atoms with Crippen molar-refractivity contribution in [2.24, 2.45) is 5.73 Å². The predicted octanol–water partition coefficient (Wildman–Crippen LogP) is 2.69. The molecule has 88 valence electrons. The summed E-state index contributed by atoms with van der Waals surface area (Å²) >= 11 is 5.81. The topological polar surface area (TPSA) is 61.0 Å². The first-order valence-electron chi connectivity index (χ1n) is 5.14. The predicted molar refractivity (Wildman–Crippen MR) is 66.2 cm³/mol. The molecule has 17 heavy (non-hydrogen) atoms. The largest absolute Gasteiger partial charge is 0.437 e. The Hall–Kier alpha value is -1.65. The number of hydrogen-bond acceptors (Lipinski definition) is 4. The van der Waals surface area contributed by atoms with Crippen LogP contribution < -0.4 is 10.5 Å². The summed E-state index contributed by atoms with van der Waals surface area (Å²) in [7, 11) is 0. The summed E-state index contributed by atoms with van der Waals surface area (Å²) in [6.45, 7) is 2.36. The van der Waals surface area contributed by atoms with Gasteiger partial charge in [-0.3, -0.25) is 4.98 Å². The van der Waals surface area contributed by atoms with Crippen LogP contribution in [-0.4, -0.2) is 9.97 Å². The molecule has 0 bridgehead atoms. The van der Waals surface area contributed by atoms with Crippen molar-refractivity contribution in [1.29, 1.82) is 0 Å². The van der Waals surface area contributed by atoms with Gasteiger partial charge in [-0.15, -0.1) is 0 Å². The molecule has 0 atom stereocenters. The molecule has 0 aliphatic rings. The van der Waals surface area contributed by atoms with Crippen LogP contribution in [0.3, 0.4) is 0 Å². The van der Waals surface area contributed by atoms with E-state index in [1.54, 1.807) is 24.5 Å². The van der Waals surface area contributed by atoms with Crippen molar-refractivity contribution in [2.45, 2.75) is 13.5 Å². The van der Waals surface area contributed by atoms with Crippen LogP contribution in [0.25, 0.3) is 0 Å². The van der Waals surface area contributed by atoms with Crippen LogP contribution in [0.5, 0.6) is 11.6 Å². The molecule has 2 aromatic heterocycles. The fraction of sp³-hybridized carbons (Fsp3) is 0.167. The third-order valence-electron chi connectivity index (χ3n) is 2.29. The fourth-order valence-corrected chi connectivity index (χ4v) is 1.57. The molecule has 5 heteroatoms. The number of pyridine rings is 2. The number of ether oxygens (including phenoxy) is 1. The zero-order valence-corrected chi connectivity index (χ0v) is 10.1. The minimum Gasteiger partial charge on any atom is -0.437 e. The van der Waals surface area contributed by atoms with E-state index in [9.17, 15) is 0 Å². The first kappa shape index (κ1) is 11.8. The van der Waals surface area contributed by atoms with E-state index in [2.05, 4.69) is 9.97 Å². The monoisotopic (exact) mass is 249 g/mol. The van der Waals surface area contributed by atoms with Gasteiger partial charge in [0.2, 0.25) is 5.88 Å². The second kappa shape index (κ2) is 5.12. The second-order valence-electron chi connectivity index (χ2n) is 3.54. The number of nitrogens with zero attached hydrogens (tertiary/aromatic N) is 2. The maximum absolute atomic E-state index is 5.81. The highest BCUT2D eigenvalue weighted by atomic mass is 35.5. The van der Waals surface area contributed by atoms with Gasteiger partial charge in [-0.1, -0.05) is 17.7 Å². The molecule has 0 fully saturated rings. The van der Waals surface area contributed by atoms with Crippen LogP contribution in [0.15, 0.2) is 30.6 Å². The molecule has 0 saturated carbocycles. The number of nitrogens with two attached hydrogens (primary N) is 1. The van der Waals surface area contributed by atoms with Gasteiger partial charge < -0.3 is 10.5 Å². The maximum atomic E-state index is 5.81. The van der Waals surface area contributed by atoms with Gasteiger partial charge in [-0.25, -0.2) is 4.98 Å². The minimum absolute atomic E-state index is 0.470. The van der Waals surface area contributed by atoms with Gasteiger partial charge >= 0.3 is 0 Å². The SMILES string of the molecule is Cc1nc(Oc2cncc(Cl)c2)ccc1CN. The number of hydrogen-bond donors (Lipinski definition) is 1. The van der Waals surface area contributed by atoms with Crippen molar-refractivity contribution in [3.8, 4) is 11.6 Å². The van der Waals surface area contributed by atoms with Crippen LogP contribution in [0.1, 0.15) is 11.3 Å². The number of aromatic nitrogens is 2. The molecule has 2 rings (SSSR count). The molecule has 0 spiro atoms. The lowest BCUT2D eigenvalue weighted by Gasteiger charge is -2.07. The average Bonchev–Trinajstić information content (AvgIpc) is 2.29. The smallest absolute Gasteiger partial charge is 0.219 e. The van der Waals surface area contributed by atoms with Crippen molar-refractivity contribution in [3.63, 3.8) is 0 Å². The Balaban J connectivity index is 2.22. The van der Waals surface area contributed by atoms with Crippen LogP contribution in [-0.2, 0) is 6.54 Å². The molecule has 0 saturated heterocycles. The van der Waals surface area contributed by atoms with Gasteiger partial charge in [0.25, 0.3) is 0 Å². The zero-order chi connectivity index (χ0) is 12.3. The maximum Gasteiger partial charge on any atom is 0.219 e. The summed E-state index contributed by atoms with van der Waals surface area (Å²) in [5.41, 5.74) is 7.43. The molecular weight excluding hydrogens is 238 g/mol. The Morgan fingerprint density at radius 2 is 2.18 bits per heavy atom. The van der Waals surface area contributed by atoms with Crippen molar-refractivity contribution < 1.29 is 4.74 Å². The van der Waals surface area contributed by atoms with Gasteiger partial charge in [-0.05, 0) is 12.5 Å². The lowest BCUT2D eigenvalue weighted by molar-refractivity contribution is 0.459. The van der Waals surface area contributed by atoms with Gasteiger partial charge in [0.15, 0.2) is 0 Å². The van der Waals surface area contributed by atoms with Crippen molar-refractivity contribution >= 4 is 11.6 Å². The number of rotatable bonds is 3. The molecule has 0 aliphatic carbocycles. The molecule has 2 N–H and O–H groups in total. The molecule has 0 aromatic carbocycles. The second-order valence-corrected chi connectivity index (χ2v) is 3.98. The fourth-order valence-electron chi connectivity index (χ4n) is 1.41. The Kier molecular flexibility index (Phi) is 3.56. The third kappa shape index (κ3) is 2.93. The molecule has 2 aromatic rings. The Morgan fingerprint density at radius 3 is 2.82 bits per heavy atom. The van der Waals surface area contributed by atoms with Crippen molar-refractivity contribution in [2.75, 3.05) is 0 Å². The normalized spacial score (nSPS) is 10.3. The molecular formula is C12H12ClN3O. The third-order valence-corrected chi connectivity index (χ3v) is 2.50. The van der Waals surface area contributed by atoms with Crippen molar-refractivity contribution in [1.82, 2.24) is 9.97 Å². The summed E-state index contributed by atoms with van der Waals surface area (Å²) in [6, 6.07) is 5.36. The van der Waals surface area contributed by atoms with Gasteiger partial charge in [0.1, 0.15) is 5.75 Å². The van der Waals surface area contributed by atoms with E-state index in [-0.39, 0.29) is 0 Å². The number of aryl methyl sites for hydroxylation is 1. The van der Waals surface area contributed by atoms with E-state index in [1.165, 1.54) is 0 Å². The average molecular weight is 250 g/mol. The summed E-state index contributed by atoms with van der Waals surface area (Å²) in [5.74, 6) is 1.06. The zero-order valence-electron chi connectivity index (χ0n) is 9.35. The summed E-state index contributed by atoms with van der Waals surface area (Å²) in [6.07, 6.45) is 3.13. The van der Waals surface area contributed by atoms with Gasteiger partial charge in [0.05, 0.1) is 11.2 Å². The Bertz CT molecular complexity index is 531. The van der Waals surface area contributed by atoms with E-state index in [0.717, 1.165) is 11.3 Å². The molecule has 0 radical (unpaired) electrons. The van der Waals surface area contributed by atoms with E-state index >= 15 is 0 Å². The Morgan fingerprint density at radius 1 is 1.35 bits per heavy atom.